The molecule has 0 bridgehead atoms. The summed E-state index contributed by atoms with van der Waals surface area (Å²) in [4.78, 5) is 11.2. The molecular weight excluding hydrogens is 244 g/mol. The summed E-state index contributed by atoms with van der Waals surface area (Å²) >= 11 is 0. The molecule has 0 aliphatic carbocycles. The van der Waals surface area contributed by atoms with Crippen LogP contribution in [0.15, 0.2) is 30.3 Å². The molecule has 4 nitrogen and oxygen atoms in total. The minimum atomic E-state index is -0.309. The van der Waals surface area contributed by atoms with E-state index in [0.717, 1.165) is 18.4 Å². The van der Waals surface area contributed by atoms with E-state index < -0.39 is 0 Å². The lowest BCUT2D eigenvalue weighted by Gasteiger charge is -2.06. The molecule has 0 saturated carbocycles. The van der Waals surface area contributed by atoms with Gasteiger partial charge in [0.05, 0.1) is 26.4 Å². The lowest BCUT2D eigenvalue weighted by atomic mass is 10.2. The van der Waals surface area contributed by atoms with Crippen molar-refractivity contribution in [3.8, 4) is 0 Å². The number of unbranched alkanes of at least 4 members (excludes halogenated alkanes) is 1. The number of rotatable bonds is 10. The highest BCUT2D eigenvalue weighted by Crippen LogP contribution is 2.00. The highest BCUT2D eigenvalue weighted by atomic mass is 16.6. The third-order valence-electron chi connectivity index (χ3n) is 2.46. The van der Waals surface area contributed by atoms with Crippen LogP contribution in [-0.4, -0.2) is 32.4 Å². The molecule has 0 aromatic heterocycles. The van der Waals surface area contributed by atoms with Crippen molar-refractivity contribution in [2.75, 3.05) is 26.4 Å². The third kappa shape index (κ3) is 8.35. The van der Waals surface area contributed by atoms with E-state index in [0.29, 0.717) is 26.4 Å². The Morgan fingerprint density at radius 3 is 2.53 bits per heavy atom. The van der Waals surface area contributed by atoms with E-state index in [1.165, 1.54) is 0 Å². The number of hydrogen-bond donors (Lipinski definition) is 0. The van der Waals surface area contributed by atoms with Gasteiger partial charge in [0.2, 0.25) is 0 Å². The van der Waals surface area contributed by atoms with Gasteiger partial charge in [-0.25, -0.2) is 4.79 Å². The van der Waals surface area contributed by atoms with E-state index in [1.807, 2.05) is 30.3 Å². The SMILES string of the molecule is CCCCOC(=O)COCCOCc1ccccc1. The molecular formula is C15H22O4. The van der Waals surface area contributed by atoms with Crippen LogP contribution in [0.3, 0.4) is 0 Å². The van der Waals surface area contributed by atoms with Gasteiger partial charge in [-0.05, 0) is 12.0 Å². The van der Waals surface area contributed by atoms with Crippen molar-refractivity contribution in [2.45, 2.75) is 26.4 Å². The van der Waals surface area contributed by atoms with Crippen LogP contribution >= 0.6 is 0 Å². The van der Waals surface area contributed by atoms with Crippen LogP contribution in [0.25, 0.3) is 0 Å². The molecule has 1 aromatic carbocycles. The van der Waals surface area contributed by atoms with Crippen molar-refractivity contribution in [3.63, 3.8) is 0 Å². The van der Waals surface area contributed by atoms with Gasteiger partial charge >= 0.3 is 5.97 Å². The second-order valence-electron chi connectivity index (χ2n) is 4.16. The Morgan fingerprint density at radius 1 is 1.05 bits per heavy atom. The first-order chi connectivity index (χ1) is 9.33. The third-order valence-corrected chi connectivity index (χ3v) is 2.46. The quantitative estimate of drug-likeness (QED) is 0.482. The standard InChI is InChI=1S/C15H22O4/c1-2-3-9-19-15(16)13-18-11-10-17-12-14-7-5-4-6-8-14/h4-8H,2-3,9-13H2,1H3. The van der Waals surface area contributed by atoms with Gasteiger partial charge in [-0.1, -0.05) is 43.7 Å². The van der Waals surface area contributed by atoms with E-state index >= 15 is 0 Å². The van der Waals surface area contributed by atoms with E-state index in [4.69, 9.17) is 14.2 Å². The summed E-state index contributed by atoms with van der Waals surface area (Å²) in [6.07, 6.45) is 1.91. The molecule has 106 valence electrons. The Bertz CT molecular complexity index is 337. The fourth-order valence-electron chi connectivity index (χ4n) is 1.41. The molecule has 4 heteroatoms. The number of hydrogen-bond acceptors (Lipinski definition) is 4. The normalized spacial score (nSPS) is 10.4. The Labute approximate surface area is 114 Å². The van der Waals surface area contributed by atoms with Gasteiger partial charge in [-0.15, -0.1) is 0 Å². The summed E-state index contributed by atoms with van der Waals surface area (Å²) in [5, 5.41) is 0. The van der Waals surface area contributed by atoms with Crippen molar-refractivity contribution in [2.24, 2.45) is 0 Å². The predicted octanol–water partition coefficient (Wildman–Crippen LogP) is 2.56. The monoisotopic (exact) mass is 266 g/mol. The molecule has 1 aromatic rings. The molecule has 0 N–H and O–H groups in total. The van der Waals surface area contributed by atoms with Gasteiger partial charge in [0.1, 0.15) is 6.61 Å². The Hall–Kier alpha value is -1.39. The molecule has 19 heavy (non-hydrogen) atoms. The average Bonchev–Trinajstić information content (AvgIpc) is 2.44. The van der Waals surface area contributed by atoms with Gasteiger partial charge in [0.15, 0.2) is 0 Å². The number of carbonyl (C=O) groups excluding carboxylic acids is 1. The number of esters is 1. The molecule has 0 unspecified atom stereocenters. The maximum absolute atomic E-state index is 11.2. The zero-order chi connectivity index (χ0) is 13.8. The van der Waals surface area contributed by atoms with E-state index in [9.17, 15) is 4.79 Å². The van der Waals surface area contributed by atoms with Crippen LogP contribution in [0, 0.1) is 0 Å². The second kappa shape index (κ2) is 10.5. The zero-order valence-corrected chi connectivity index (χ0v) is 11.5. The van der Waals surface area contributed by atoms with Crippen molar-refractivity contribution < 1.29 is 19.0 Å². The number of carbonyl (C=O) groups is 1. The fourth-order valence-corrected chi connectivity index (χ4v) is 1.41. The molecule has 0 aliphatic heterocycles. The van der Waals surface area contributed by atoms with Crippen molar-refractivity contribution in [3.05, 3.63) is 35.9 Å². The van der Waals surface area contributed by atoms with Crippen LogP contribution < -0.4 is 0 Å². The highest BCUT2D eigenvalue weighted by Gasteiger charge is 2.01. The lowest BCUT2D eigenvalue weighted by Crippen LogP contribution is -2.15. The number of ether oxygens (including phenoxy) is 3. The first-order valence-electron chi connectivity index (χ1n) is 6.68. The van der Waals surface area contributed by atoms with E-state index in [1.54, 1.807) is 0 Å². The summed E-state index contributed by atoms with van der Waals surface area (Å²) in [6, 6.07) is 9.93. The van der Waals surface area contributed by atoms with Crippen molar-refractivity contribution in [1.29, 1.82) is 0 Å². The summed E-state index contributed by atoms with van der Waals surface area (Å²) in [5.41, 5.74) is 1.13. The van der Waals surface area contributed by atoms with Crippen LogP contribution in [0.1, 0.15) is 25.3 Å². The van der Waals surface area contributed by atoms with E-state index in [2.05, 4.69) is 6.92 Å². The predicted molar refractivity (Wildman–Crippen MR) is 72.8 cm³/mol. The molecule has 1 rings (SSSR count). The molecule has 0 fully saturated rings. The zero-order valence-electron chi connectivity index (χ0n) is 11.5. The van der Waals surface area contributed by atoms with Crippen LogP contribution in [0.5, 0.6) is 0 Å². The topological polar surface area (TPSA) is 44.8 Å². The summed E-state index contributed by atoms with van der Waals surface area (Å²) in [6.45, 7) is 3.95. The minimum absolute atomic E-state index is 0.00158. The molecule has 0 aliphatic rings. The minimum Gasteiger partial charge on any atom is -0.464 e. The summed E-state index contributed by atoms with van der Waals surface area (Å²) < 4.78 is 15.5. The second-order valence-corrected chi connectivity index (χ2v) is 4.16. The van der Waals surface area contributed by atoms with Crippen LogP contribution in [0.4, 0.5) is 0 Å². The summed E-state index contributed by atoms with van der Waals surface area (Å²) in [7, 11) is 0. The molecule has 0 amide bonds. The number of benzene rings is 1. The summed E-state index contributed by atoms with van der Waals surface area (Å²) in [5.74, 6) is -0.309. The Morgan fingerprint density at radius 2 is 1.79 bits per heavy atom. The van der Waals surface area contributed by atoms with Gasteiger partial charge < -0.3 is 14.2 Å². The Kier molecular flexibility index (Phi) is 8.68. The first-order valence-corrected chi connectivity index (χ1v) is 6.68. The maximum Gasteiger partial charge on any atom is 0.332 e. The maximum atomic E-state index is 11.2. The van der Waals surface area contributed by atoms with E-state index in [-0.39, 0.29) is 12.6 Å². The van der Waals surface area contributed by atoms with Crippen molar-refractivity contribution in [1.82, 2.24) is 0 Å². The first kappa shape index (κ1) is 15.7. The van der Waals surface area contributed by atoms with Gasteiger partial charge in [-0.2, -0.15) is 0 Å². The Balaban J connectivity index is 1.92. The highest BCUT2D eigenvalue weighted by molar-refractivity contribution is 5.70. The molecule has 0 heterocycles. The lowest BCUT2D eigenvalue weighted by molar-refractivity contribution is -0.149. The van der Waals surface area contributed by atoms with Gasteiger partial charge in [0.25, 0.3) is 0 Å². The van der Waals surface area contributed by atoms with Crippen LogP contribution in [-0.2, 0) is 25.6 Å². The molecule has 0 saturated heterocycles. The van der Waals surface area contributed by atoms with Crippen LogP contribution in [0.2, 0.25) is 0 Å². The average molecular weight is 266 g/mol. The largest absolute Gasteiger partial charge is 0.464 e. The van der Waals surface area contributed by atoms with Gasteiger partial charge in [-0.3, -0.25) is 0 Å². The fraction of sp³-hybridized carbons (Fsp3) is 0.533. The molecule has 0 radical (unpaired) electrons. The molecule has 0 spiro atoms. The molecule has 0 atom stereocenters. The van der Waals surface area contributed by atoms with Gasteiger partial charge in [0, 0.05) is 0 Å². The van der Waals surface area contributed by atoms with Crippen molar-refractivity contribution >= 4 is 5.97 Å². The smallest absolute Gasteiger partial charge is 0.332 e.